The van der Waals surface area contributed by atoms with Crippen molar-refractivity contribution in [2.45, 2.75) is 50.7 Å². The third-order valence-corrected chi connectivity index (χ3v) is 5.40. The molecule has 2 bridgehead atoms. The molecule has 2 atom stereocenters. The molecule has 0 radical (unpaired) electrons. The van der Waals surface area contributed by atoms with Crippen LogP contribution in [0, 0.1) is 0 Å². The van der Waals surface area contributed by atoms with Crippen LogP contribution in [0.1, 0.15) is 43.0 Å². The zero-order valence-electron chi connectivity index (χ0n) is 12.1. The highest BCUT2D eigenvalue weighted by atomic mass is 35.5. The zero-order valence-corrected chi connectivity index (χ0v) is 13.6. The number of rotatable bonds is 3. The van der Waals surface area contributed by atoms with Gasteiger partial charge in [0.2, 0.25) is 0 Å². The van der Waals surface area contributed by atoms with Gasteiger partial charge in [0, 0.05) is 30.2 Å². The van der Waals surface area contributed by atoms with Crippen molar-refractivity contribution in [1.82, 2.24) is 10.2 Å². The molecule has 3 rings (SSSR count). The van der Waals surface area contributed by atoms with Gasteiger partial charge in [0.25, 0.3) is 5.91 Å². The molecule has 2 fully saturated rings. The SMILES string of the molecule is CCN(C(=O)c1ccc(Cl)c(Cl)c1)C1CC2CCC(C1)N2. The van der Waals surface area contributed by atoms with Crippen molar-refractivity contribution in [3.63, 3.8) is 0 Å². The first-order chi connectivity index (χ1) is 10.1. The molecular formula is C16H20Cl2N2O. The Kier molecular flexibility index (Phi) is 4.43. The van der Waals surface area contributed by atoms with E-state index in [2.05, 4.69) is 5.32 Å². The average molecular weight is 327 g/mol. The predicted octanol–water partition coefficient (Wildman–Crippen LogP) is 3.74. The van der Waals surface area contributed by atoms with Crippen LogP contribution in [0.3, 0.4) is 0 Å². The lowest BCUT2D eigenvalue weighted by Gasteiger charge is -2.37. The Labute approximate surface area is 135 Å². The minimum atomic E-state index is 0.0577. The fraction of sp³-hybridized carbons (Fsp3) is 0.562. The fourth-order valence-corrected chi connectivity index (χ4v) is 3.94. The summed E-state index contributed by atoms with van der Waals surface area (Å²) in [7, 11) is 0. The summed E-state index contributed by atoms with van der Waals surface area (Å²) in [5.41, 5.74) is 0.622. The maximum atomic E-state index is 12.8. The van der Waals surface area contributed by atoms with Crippen LogP contribution >= 0.6 is 23.2 Å². The lowest BCUT2D eigenvalue weighted by Crippen LogP contribution is -2.50. The highest BCUT2D eigenvalue weighted by Gasteiger charge is 2.37. The van der Waals surface area contributed by atoms with E-state index in [0.717, 1.165) is 19.4 Å². The van der Waals surface area contributed by atoms with Gasteiger partial charge in [0.15, 0.2) is 0 Å². The molecule has 1 aromatic carbocycles. The molecule has 0 saturated carbocycles. The molecule has 1 N–H and O–H groups in total. The molecule has 1 amide bonds. The van der Waals surface area contributed by atoms with Crippen molar-refractivity contribution >= 4 is 29.1 Å². The second-order valence-electron chi connectivity index (χ2n) is 5.98. The first-order valence-electron chi connectivity index (χ1n) is 7.60. The summed E-state index contributed by atoms with van der Waals surface area (Å²) in [6, 6.07) is 6.60. The summed E-state index contributed by atoms with van der Waals surface area (Å²) in [5, 5.41) is 4.53. The van der Waals surface area contributed by atoms with Crippen LogP contribution in [0.25, 0.3) is 0 Å². The number of carbonyl (C=O) groups is 1. The van der Waals surface area contributed by atoms with Gasteiger partial charge in [-0.1, -0.05) is 23.2 Å². The largest absolute Gasteiger partial charge is 0.336 e. The molecule has 3 nitrogen and oxygen atoms in total. The Morgan fingerprint density at radius 2 is 1.90 bits per heavy atom. The second-order valence-corrected chi connectivity index (χ2v) is 6.80. The summed E-state index contributed by atoms with van der Waals surface area (Å²) >= 11 is 12.0. The van der Waals surface area contributed by atoms with E-state index in [1.54, 1.807) is 18.2 Å². The van der Waals surface area contributed by atoms with Gasteiger partial charge in [-0.25, -0.2) is 0 Å². The minimum absolute atomic E-state index is 0.0577. The molecule has 5 heteroatoms. The Bertz CT molecular complexity index is 537. The van der Waals surface area contributed by atoms with Gasteiger partial charge in [-0.2, -0.15) is 0 Å². The number of nitrogens with one attached hydrogen (secondary N) is 1. The summed E-state index contributed by atoms with van der Waals surface area (Å²) in [4.78, 5) is 14.8. The van der Waals surface area contributed by atoms with E-state index >= 15 is 0 Å². The molecule has 2 unspecified atom stereocenters. The first kappa shape index (κ1) is 15.1. The van der Waals surface area contributed by atoms with Crippen LogP contribution in [-0.2, 0) is 0 Å². The predicted molar refractivity (Wildman–Crippen MR) is 86.1 cm³/mol. The maximum absolute atomic E-state index is 12.8. The third kappa shape index (κ3) is 3.05. The number of fused-ring (bicyclic) bond motifs is 2. The van der Waals surface area contributed by atoms with Crippen molar-refractivity contribution in [3.8, 4) is 0 Å². The molecule has 0 aromatic heterocycles. The third-order valence-electron chi connectivity index (χ3n) is 4.66. The lowest BCUT2D eigenvalue weighted by atomic mass is 9.97. The monoisotopic (exact) mass is 326 g/mol. The summed E-state index contributed by atoms with van der Waals surface area (Å²) in [6.45, 7) is 2.77. The molecule has 1 aromatic rings. The number of nitrogens with zero attached hydrogens (tertiary/aromatic N) is 1. The first-order valence-corrected chi connectivity index (χ1v) is 8.36. The van der Waals surface area contributed by atoms with Gasteiger partial charge in [-0.3, -0.25) is 4.79 Å². The molecule has 2 aliphatic heterocycles. The van der Waals surface area contributed by atoms with E-state index in [0.29, 0.717) is 33.7 Å². The number of piperidine rings is 1. The number of hydrogen-bond acceptors (Lipinski definition) is 2. The molecule has 2 heterocycles. The Morgan fingerprint density at radius 3 is 2.48 bits per heavy atom. The van der Waals surface area contributed by atoms with Crippen molar-refractivity contribution in [1.29, 1.82) is 0 Å². The van der Waals surface area contributed by atoms with E-state index in [1.165, 1.54) is 12.8 Å². The highest BCUT2D eigenvalue weighted by molar-refractivity contribution is 6.42. The van der Waals surface area contributed by atoms with Gasteiger partial charge >= 0.3 is 0 Å². The van der Waals surface area contributed by atoms with E-state index in [4.69, 9.17) is 23.2 Å². The number of amides is 1. The van der Waals surface area contributed by atoms with E-state index in [-0.39, 0.29) is 5.91 Å². The minimum Gasteiger partial charge on any atom is -0.336 e. The topological polar surface area (TPSA) is 32.3 Å². The lowest BCUT2D eigenvalue weighted by molar-refractivity contribution is 0.0631. The van der Waals surface area contributed by atoms with Crippen LogP contribution < -0.4 is 5.32 Å². The molecule has 21 heavy (non-hydrogen) atoms. The maximum Gasteiger partial charge on any atom is 0.254 e. The summed E-state index contributed by atoms with van der Waals surface area (Å²) < 4.78 is 0. The average Bonchev–Trinajstić information content (AvgIpc) is 2.81. The molecule has 0 aliphatic carbocycles. The second kappa shape index (κ2) is 6.15. The summed E-state index contributed by atoms with van der Waals surface area (Å²) in [6.07, 6.45) is 4.58. The number of benzene rings is 1. The summed E-state index contributed by atoms with van der Waals surface area (Å²) in [5.74, 6) is 0.0577. The molecular weight excluding hydrogens is 307 g/mol. The van der Waals surface area contributed by atoms with Gasteiger partial charge < -0.3 is 10.2 Å². The van der Waals surface area contributed by atoms with Crippen LogP contribution in [-0.4, -0.2) is 35.5 Å². The molecule has 2 aliphatic rings. The zero-order chi connectivity index (χ0) is 15.0. The normalized spacial score (nSPS) is 27.7. The van der Waals surface area contributed by atoms with Crippen molar-refractivity contribution in [3.05, 3.63) is 33.8 Å². The number of hydrogen-bond donors (Lipinski definition) is 1. The molecule has 2 saturated heterocycles. The van der Waals surface area contributed by atoms with E-state index < -0.39 is 0 Å². The van der Waals surface area contributed by atoms with Gasteiger partial charge in [-0.15, -0.1) is 0 Å². The number of halogens is 2. The standard InChI is InChI=1S/C16H20Cl2N2O/c1-2-20(13-8-11-4-5-12(9-13)19-11)16(21)10-3-6-14(17)15(18)7-10/h3,6-7,11-13,19H,2,4-5,8-9H2,1H3. The highest BCUT2D eigenvalue weighted by Crippen LogP contribution is 2.31. The quantitative estimate of drug-likeness (QED) is 0.917. The smallest absolute Gasteiger partial charge is 0.254 e. The fourth-order valence-electron chi connectivity index (χ4n) is 3.64. The van der Waals surface area contributed by atoms with Gasteiger partial charge in [0.1, 0.15) is 0 Å². The Hall–Kier alpha value is -0.770. The molecule has 0 spiro atoms. The van der Waals surface area contributed by atoms with E-state index in [1.807, 2.05) is 11.8 Å². The van der Waals surface area contributed by atoms with Crippen LogP contribution in [0.15, 0.2) is 18.2 Å². The van der Waals surface area contributed by atoms with Crippen molar-refractivity contribution < 1.29 is 4.79 Å². The Balaban J connectivity index is 1.79. The molecule has 114 valence electrons. The van der Waals surface area contributed by atoms with Crippen LogP contribution in [0.4, 0.5) is 0 Å². The van der Waals surface area contributed by atoms with Crippen molar-refractivity contribution in [2.75, 3.05) is 6.54 Å². The van der Waals surface area contributed by atoms with Gasteiger partial charge in [-0.05, 0) is 50.8 Å². The number of carbonyl (C=O) groups excluding carboxylic acids is 1. The van der Waals surface area contributed by atoms with E-state index in [9.17, 15) is 4.79 Å². The van der Waals surface area contributed by atoms with Crippen molar-refractivity contribution in [2.24, 2.45) is 0 Å². The van der Waals surface area contributed by atoms with Crippen LogP contribution in [0.5, 0.6) is 0 Å². The van der Waals surface area contributed by atoms with Gasteiger partial charge in [0.05, 0.1) is 10.0 Å². The Morgan fingerprint density at radius 1 is 1.24 bits per heavy atom. The van der Waals surface area contributed by atoms with Crippen LogP contribution in [0.2, 0.25) is 10.0 Å².